The lowest BCUT2D eigenvalue weighted by molar-refractivity contribution is 0.187. The van der Waals surface area contributed by atoms with E-state index in [0.717, 1.165) is 25.9 Å². The van der Waals surface area contributed by atoms with Crippen molar-refractivity contribution in [1.29, 1.82) is 0 Å². The topological polar surface area (TPSA) is 29.0 Å². The summed E-state index contributed by atoms with van der Waals surface area (Å²) >= 11 is 5.65. The van der Waals surface area contributed by atoms with Gasteiger partial charge in [0.05, 0.1) is 11.7 Å². The largest absolute Gasteiger partial charge is 0.295 e. The van der Waals surface area contributed by atoms with Crippen LogP contribution in [0.5, 0.6) is 0 Å². The Morgan fingerprint density at radius 2 is 2.06 bits per heavy atom. The maximum Gasteiger partial charge on any atom is 0.183 e. The highest BCUT2D eigenvalue weighted by Gasteiger charge is 2.23. The molecule has 0 N–H and O–H groups in total. The summed E-state index contributed by atoms with van der Waals surface area (Å²) in [6, 6.07) is -0.0470. The quantitative estimate of drug-likeness (QED) is 0.747. The summed E-state index contributed by atoms with van der Waals surface area (Å²) in [4.78, 5) is 9.82. The van der Waals surface area contributed by atoms with Gasteiger partial charge in [0.15, 0.2) is 11.0 Å². The molecule has 1 saturated heterocycles. The molecule has 0 aliphatic carbocycles. The van der Waals surface area contributed by atoms with Crippen molar-refractivity contribution in [2.24, 2.45) is 0 Å². The van der Waals surface area contributed by atoms with Crippen LogP contribution in [0.3, 0.4) is 0 Å². The molecule has 5 heteroatoms. The van der Waals surface area contributed by atoms with E-state index in [1.807, 2.05) is 6.92 Å². The third-order valence-corrected chi connectivity index (χ3v) is 3.22. The van der Waals surface area contributed by atoms with Crippen molar-refractivity contribution in [1.82, 2.24) is 14.9 Å². The molecule has 1 aliphatic rings. The van der Waals surface area contributed by atoms with Crippen LogP contribution in [0, 0.1) is 12.2 Å². The Labute approximate surface area is 99.6 Å². The lowest BCUT2D eigenvalue weighted by atomic mass is 10.1. The van der Waals surface area contributed by atoms with Crippen molar-refractivity contribution in [2.45, 2.75) is 25.8 Å². The Bertz CT molecular complexity index is 366. The van der Waals surface area contributed by atoms with Crippen molar-refractivity contribution < 1.29 is 4.39 Å². The molecule has 2 heterocycles. The van der Waals surface area contributed by atoms with E-state index in [2.05, 4.69) is 21.3 Å². The molecule has 1 radical (unpaired) electrons. The van der Waals surface area contributed by atoms with Crippen molar-refractivity contribution >= 4 is 11.6 Å². The monoisotopic (exact) mass is 242 g/mol. The van der Waals surface area contributed by atoms with E-state index >= 15 is 0 Å². The molecule has 1 aromatic rings. The molecule has 0 aromatic carbocycles. The van der Waals surface area contributed by atoms with Crippen LogP contribution in [-0.2, 0) is 0 Å². The molecule has 0 spiro atoms. The molecule has 2 rings (SSSR count). The molecule has 1 unspecified atom stereocenters. The summed E-state index contributed by atoms with van der Waals surface area (Å²) < 4.78 is 13.7. The SMILES string of the molecule is CC(c1ncnc(Cl)c1F)N1CC[CH]CC1. The summed E-state index contributed by atoms with van der Waals surface area (Å²) in [5, 5.41) is -0.0968. The normalized spacial score (nSPS) is 19.7. The molecule has 0 saturated carbocycles. The van der Waals surface area contributed by atoms with Crippen molar-refractivity contribution in [3.8, 4) is 0 Å². The second-order valence-corrected chi connectivity index (χ2v) is 4.30. The number of likely N-dealkylation sites (tertiary alicyclic amines) is 1. The number of rotatable bonds is 2. The minimum atomic E-state index is -0.494. The first-order valence-electron chi connectivity index (χ1n) is 5.41. The van der Waals surface area contributed by atoms with E-state index in [1.165, 1.54) is 6.33 Å². The van der Waals surface area contributed by atoms with Crippen LogP contribution < -0.4 is 0 Å². The average molecular weight is 243 g/mol. The minimum absolute atomic E-state index is 0.0470. The molecule has 16 heavy (non-hydrogen) atoms. The van der Waals surface area contributed by atoms with Gasteiger partial charge in [-0.15, -0.1) is 0 Å². The van der Waals surface area contributed by atoms with Gasteiger partial charge in [0, 0.05) is 0 Å². The summed E-state index contributed by atoms with van der Waals surface area (Å²) in [7, 11) is 0. The standard InChI is InChI=1S/C11H14ClFN3/c1-8(16-5-3-2-4-6-16)10-9(13)11(12)15-7-14-10/h2,7-8H,3-6H2,1H3. The van der Waals surface area contributed by atoms with Crippen LogP contribution >= 0.6 is 11.6 Å². The van der Waals surface area contributed by atoms with Gasteiger partial charge in [-0.25, -0.2) is 14.4 Å². The van der Waals surface area contributed by atoms with E-state index < -0.39 is 5.82 Å². The van der Waals surface area contributed by atoms with Crippen LogP contribution in [-0.4, -0.2) is 28.0 Å². The van der Waals surface area contributed by atoms with Gasteiger partial charge < -0.3 is 0 Å². The molecule has 1 aromatic heterocycles. The first-order chi connectivity index (χ1) is 7.70. The van der Waals surface area contributed by atoms with Crippen molar-refractivity contribution in [2.75, 3.05) is 13.1 Å². The first kappa shape index (κ1) is 11.7. The predicted octanol–water partition coefficient (Wildman–Crippen LogP) is 2.63. The number of hydrogen-bond acceptors (Lipinski definition) is 3. The Balaban J connectivity index is 2.19. The highest BCUT2D eigenvalue weighted by Crippen LogP contribution is 2.26. The molecule has 87 valence electrons. The fourth-order valence-electron chi connectivity index (χ4n) is 1.98. The fourth-order valence-corrected chi connectivity index (χ4v) is 2.12. The second kappa shape index (κ2) is 5.06. The zero-order valence-corrected chi connectivity index (χ0v) is 9.91. The maximum atomic E-state index is 13.7. The molecular formula is C11H14ClFN3. The molecule has 1 aliphatic heterocycles. The van der Waals surface area contributed by atoms with Gasteiger partial charge in [-0.3, -0.25) is 4.90 Å². The van der Waals surface area contributed by atoms with Gasteiger partial charge in [-0.1, -0.05) is 11.6 Å². The highest BCUT2D eigenvalue weighted by molar-refractivity contribution is 6.29. The van der Waals surface area contributed by atoms with Gasteiger partial charge in [-0.05, 0) is 39.3 Å². The van der Waals surface area contributed by atoms with Gasteiger partial charge in [-0.2, -0.15) is 0 Å². The van der Waals surface area contributed by atoms with E-state index in [9.17, 15) is 4.39 Å². The Hall–Kier alpha value is -0.740. The zero-order valence-electron chi connectivity index (χ0n) is 9.16. The number of aromatic nitrogens is 2. The van der Waals surface area contributed by atoms with E-state index in [4.69, 9.17) is 11.6 Å². The summed E-state index contributed by atoms with van der Waals surface area (Å²) in [5.41, 5.74) is 0.391. The Morgan fingerprint density at radius 1 is 1.38 bits per heavy atom. The molecule has 1 atom stereocenters. The first-order valence-corrected chi connectivity index (χ1v) is 5.79. The third kappa shape index (κ3) is 2.33. The van der Waals surface area contributed by atoms with Crippen LogP contribution in [0.2, 0.25) is 5.15 Å². The highest BCUT2D eigenvalue weighted by atomic mass is 35.5. The minimum Gasteiger partial charge on any atom is -0.295 e. The van der Waals surface area contributed by atoms with Crippen LogP contribution in [0.25, 0.3) is 0 Å². The van der Waals surface area contributed by atoms with Crippen LogP contribution in [0.15, 0.2) is 6.33 Å². The average Bonchev–Trinajstić information content (AvgIpc) is 2.33. The number of piperidine rings is 1. The molecule has 0 amide bonds. The van der Waals surface area contributed by atoms with Gasteiger partial charge in [0.2, 0.25) is 0 Å². The van der Waals surface area contributed by atoms with E-state index in [-0.39, 0.29) is 11.2 Å². The summed E-state index contributed by atoms with van der Waals surface area (Å²) in [5.74, 6) is -0.494. The number of hydrogen-bond donors (Lipinski definition) is 0. The van der Waals surface area contributed by atoms with Crippen LogP contribution in [0.4, 0.5) is 4.39 Å². The number of nitrogens with zero attached hydrogens (tertiary/aromatic N) is 3. The maximum absolute atomic E-state index is 13.7. The molecule has 3 nitrogen and oxygen atoms in total. The molecule has 0 bridgehead atoms. The number of halogens is 2. The van der Waals surface area contributed by atoms with Gasteiger partial charge >= 0.3 is 0 Å². The zero-order chi connectivity index (χ0) is 11.5. The summed E-state index contributed by atoms with van der Waals surface area (Å²) in [6.07, 6.45) is 5.66. The van der Waals surface area contributed by atoms with Gasteiger partial charge in [0.1, 0.15) is 6.33 Å². The second-order valence-electron chi connectivity index (χ2n) is 3.94. The van der Waals surface area contributed by atoms with Gasteiger partial charge in [0.25, 0.3) is 0 Å². The lowest BCUT2D eigenvalue weighted by Gasteiger charge is -2.31. The Morgan fingerprint density at radius 3 is 2.75 bits per heavy atom. The molecular weight excluding hydrogens is 229 g/mol. The summed E-state index contributed by atoms with van der Waals surface area (Å²) in [6.45, 7) is 3.84. The molecule has 1 fully saturated rings. The van der Waals surface area contributed by atoms with Crippen molar-refractivity contribution in [3.05, 3.63) is 29.4 Å². The predicted molar refractivity (Wildman–Crippen MR) is 60.5 cm³/mol. The van der Waals surface area contributed by atoms with Crippen LogP contribution in [0.1, 0.15) is 31.5 Å². The lowest BCUT2D eigenvalue weighted by Crippen LogP contribution is -2.33. The van der Waals surface area contributed by atoms with E-state index in [0.29, 0.717) is 5.69 Å². The smallest absolute Gasteiger partial charge is 0.183 e. The van der Waals surface area contributed by atoms with Crippen molar-refractivity contribution in [3.63, 3.8) is 0 Å². The fraction of sp³-hybridized carbons (Fsp3) is 0.545. The Kier molecular flexibility index (Phi) is 3.71. The van der Waals surface area contributed by atoms with E-state index in [1.54, 1.807) is 0 Å². The third-order valence-electron chi connectivity index (χ3n) is 2.96.